The first-order chi connectivity index (χ1) is 15.8. The number of fused-ring (bicyclic) bond motifs is 1. The van der Waals surface area contributed by atoms with Crippen LogP contribution in [0.2, 0.25) is 5.02 Å². The number of nitrogens with two attached hydrogens (primary N) is 1. The fourth-order valence-electron chi connectivity index (χ4n) is 3.80. The number of methoxy groups -OCH3 is 1. The molecule has 4 rings (SSSR count). The van der Waals surface area contributed by atoms with E-state index in [0.717, 1.165) is 18.4 Å². The Balaban J connectivity index is 1.61. The molecule has 1 atom stereocenters. The van der Waals surface area contributed by atoms with Crippen LogP contribution in [0, 0.1) is 5.92 Å². The van der Waals surface area contributed by atoms with Crippen LogP contribution in [0.4, 0.5) is 0 Å². The summed E-state index contributed by atoms with van der Waals surface area (Å²) in [5, 5.41) is 1.07. The molecule has 33 heavy (non-hydrogen) atoms. The van der Waals surface area contributed by atoms with Gasteiger partial charge in [0.1, 0.15) is 17.2 Å². The molecule has 7 nitrogen and oxygen atoms in total. The minimum absolute atomic E-state index is 0.235. The molecule has 1 aliphatic rings. The lowest BCUT2D eigenvalue weighted by molar-refractivity contribution is 0.0997. The number of rotatable bonds is 10. The highest BCUT2D eigenvalue weighted by Gasteiger charge is 2.33. The van der Waals surface area contributed by atoms with Gasteiger partial charge in [-0.3, -0.25) is 14.3 Å². The molecule has 1 aromatic heterocycles. The average molecular weight is 489 g/mol. The molecule has 9 heteroatoms. The van der Waals surface area contributed by atoms with E-state index in [1.165, 1.54) is 7.11 Å². The first kappa shape index (κ1) is 23.6. The fraction of sp³-hybridized carbons (Fsp3) is 0.333. The van der Waals surface area contributed by atoms with Crippen molar-refractivity contribution < 1.29 is 23.4 Å². The highest BCUT2D eigenvalue weighted by atomic mass is 35.5. The van der Waals surface area contributed by atoms with Crippen LogP contribution in [0.25, 0.3) is 10.9 Å². The Morgan fingerprint density at radius 3 is 2.64 bits per heavy atom. The Kier molecular flexibility index (Phi) is 6.94. The summed E-state index contributed by atoms with van der Waals surface area (Å²) in [5.41, 5.74) is 7.09. The van der Waals surface area contributed by atoms with Crippen molar-refractivity contribution in [2.24, 2.45) is 11.7 Å². The van der Waals surface area contributed by atoms with E-state index in [2.05, 4.69) is 4.98 Å². The summed E-state index contributed by atoms with van der Waals surface area (Å²) in [6.45, 7) is 2.27. The standard InChI is InChI=1S/C24H26ClN2O5P/c1-3-31-33(29,13-15-4-5-15)14-16-6-7-17(10-20(16)25)32-22-8-9-27-21-12-23(30-2)19(24(26)28)11-18(21)22/h6-12,15H,3-5,13-14H2,1-2H3,(H2,26,28). The number of carbonyl (C=O) groups excluding carboxylic acids is 1. The number of ether oxygens (including phenoxy) is 2. The third kappa shape index (κ3) is 5.49. The molecule has 0 spiro atoms. The summed E-state index contributed by atoms with van der Waals surface area (Å²) in [6, 6.07) is 10.2. The molecule has 0 saturated heterocycles. The zero-order chi connectivity index (χ0) is 23.6. The van der Waals surface area contributed by atoms with Gasteiger partial charge in [0.2, 0.25) is 7.37 Å². The van der Waals surface area contributed by atoms with Crippen LogP contribution in [-0.4, -0.2) is 30.8 Å². The molecule has 1 heterocycles. The van der Waals surface area contributed by atoms with Crippen LogP contribution in [0.15, 0.2) is 42.6 Å². The summed E-state index contributed by atoms with van der Waals surface area (Å²) in [6.07, 6.45) is 4.73. The number of hydrogen-bond acceptors (Lipinski definition) is 6. The minimum Gasteiger partial charge on any atom is -0.496 e. The molecule has 2 aromatic carbocycles. The normalized spacial score (nSPS) is 15.2. The quantitative estimate of drug-likeness (QED) is 0.350. The topological polar surface area (TPSA) is 101 Å². The third-order valence-electron chi connectivity index (χ3n) is 5.55. The highest BCUT2D eigenvalue weighted by molar-refractivity contribution is 7.58. The van der Waals surface area contributed by atoms with Crippen LogP contribution in [0.1, 0.15) is 35.7 Å². The van der Waals surface area contributed by atoms with Crippen molar-refractivity contribution in [3.05, 3.63) is 58.7 Å². The number of primary amides is 1. The number of carbonyl (C=O) groups is 1. The Morgan fingerprint density at radius 1 is 1.21 bits per heavy atom. The average Bonchev–Trinajstić information content (AvgIpc) is 3.58. The van der Waals surface area contributed by atoms with E-state index in [-0.39, 0.29) is 5.56 Å². The zero-order valence-corrected chi connectivity index (χ0v) is 20.2. The Bertz CT molecular complexity index is 1240. The van der Waals surface area contributed by atoms with E-state index in [1.54, 1.807) is 36.5 Å². The van der Waals surface area contributed by atoms with Gasteiger partial charge in [0.25, 0.3) is 5.91 Å². The van der Waals surface area contributed by atoms with E-state index >= 15 is 0 Å². The molecule has 1 unspecified atom stereocenters. The van der Waals surface area contributed by atoms with Gasteiger partial charge in [-0.2, -0.15) is 0 Å². The largest absolute Gasteiger partial charge is 0.496 e. The summed E-state index contributed by atoms with van der Waals surface area (Å²) in [7, 11) is -1.32. The van der Waals surface area contributed by atoms with Gasteiger partial charge >= 0.3 is 0 Å². The van der Waals surface area contributed by atoms with Crippen LogP contribution < -0.4 is 15.2 Å². The maximum absolute atomic E-state index is 13.3. The molecule has 1 fully saturated rings. The molecule has 2 N–H and O–H groups in total. The predicted octanol–water partition coefficient (Wildman–Crippen LogP) is 6.01. The van der Waals surface area contributed by atoms with E-state index in [9.17, 15) is 9.36 Å². The van der Waals surface area contributed by atoms with Gasteiger partial charge in [-0.05, 0) is 55.5 Å². The lowest BCUT2D eigenvalue weighted by Crippen LogP contribution is -2.12. The van der Waals surface area contributed by atoms with Crippen molar-refractivity contribution in [1.29, 1.82) is 0 Å². The van der Waals surface area contributed by atoms with Gasteiger partial charge in [0, 0.05) is 28.8 Å². The Hall–Kier alpha value is -2.60. The second-order valence-corrected chi connectivity index (χ2v) is 11.1. The Morgan fingerprint density at radius 2 is 2.00 bits per heavy atom. The smallest absolute Gasteiger partial charge is 0.252 e. The molecule has 1 aliphatic carbocycles. The summed E-state index contributed by atoms with van der Waals surface area (Å²) >= 11 is 6.53. The molecule has 3 aromatic rings. The van der Waals surface area contributed by atoms with Crippen LogP contribution in [-0.2, 0) is 15.3 Å². The second-order valence-electron chi connectivity index (χ2n) is 8.11. The molecule has 174 valence electrons. The maximum atomic E-state index is 13.3. The van der Waals surface area contributed by atoms with Gasteiger partial charge in [-0.15, -0.1) is 0 Å². The van der Waals surface area contributed by atoms with Gasteiger partial charge in [0.15, 0.2) is 0 Å². The van der Waals surface area contributed by atoms with Crippen molar-refractivity contribution in [2.75, 3.05) is 19.9 Å². The van der Waals surface area contributed by atoms with Crippen LogP contribution in [0.3, 0.4) is 0 Å². The van der Waals surface area contributed by atoms with Crippen molar-refractivity contribution in [3.8, 4) is 17.2 Å². The van der Waals surface area contributed by atoms with Crippen molar-refractivity contribution in [1.82, 2.24) is 4.98 Å². The van der Waals surface area contributed by atoms with E-state index in [1.807, 2.05) is 13.0 Å². The maximum Gasteiger partial charge on any atom is 0.252 e. The van der Waals surface area contributed by atoms with E-state index in [0.29, 0.717) is 58.0 Å². The molecule has 0 bridgehead atoms. The lowest BCUT2D eigenvalue weighted by Gasteiger charge is -2.19. The summed E-state index contributed by atoms with van der Waals surface area (Å²) in [5.74, 6) is 1.22. The molecule has 1 saturated carbocycles. The van der Waals surface area contributed by atoms with Gasteiger partial charge in [0.05, 0.1) is 31.0 Å². The highest BCUT2D eigenvalue weighted by Crippen LogP contribution is 2.56. The van der Waals surface area contributed by atoms with Crippen LogP contribution in [0.5, 0.6) is 17.2 Å². The summed E-state index contributed by atoms with van der Waals surface area (Å²) in [4.78, 5) is 16.2. The SMILES string of the molecule is CCOP(=O)(Cc1ccc(Oc2ccnc3cc(OC)c(C(N)=O)cc23)cc1Cl)CC1CC1. The number of halogens is 1. The summed E-state index contributed by atoms with van der Waals surface area (Å²) < 4.78 is 30.3. The van der Waals surface area contributed by atoms with E-state index in [4.69, 9.17) is 31.3 Å². The first-order valence-corrected chi connectivity index (χ1v) is 13.1. The van der Waals surface area contributed by atoms with Gasteiger partial charge < -0.3 is 19.7 Å². The first-order valence-electron chi connectivity index (χ1n) is 10.8. The van der Waals surface area contributed by atoms with Gasteiger partial charge in [-0.1, -0.05) is 17.7 Å². The number of aromatic nitrogens is 1. The number of hydrogen-bond donors (Lipinski definition) is 1. The van der Waals surface area contributed by atoms with Crippen molar-refractivity contribution in [2.45, 2.75) is 25.9 Å². The number of nitrogens with zero attached hydrogens (tertiary/aromatic N) is 1. The molecule has 0 radical (unpaired) electrons. The third-order valence-corrected chi connectivity index (χ3v) is 8.53. The van der Waals surface area contributed by atoms with Crippen LogP contribution >= 0.6 is 19.0 Å². The molecule has 1 amide bonds. The molecule has 0 aliphatic heterocycles. The van der Waals surface area contributed by atoms with Crippen molar-refractivity contribution in [3.63, 3.8) is 0 Å². The van der Waals surface area contributed by atoms with Crippen molar-refractivity contribution >= 4 is 35.8 Å². The Labute approximate surface area is 197 Å². The predicted molar refractivity (Wildman–Crippen MR) is 129 cm³/mol. The lowest BCUT2D eigenvalue weighted by atomic mass is 10.1. The van der Waals surface area contributed by atoms with Gasteiger partial charge in [-0.25, -0.2) is 0 Å². The number of benzene rings is 2. The van der Waals surface area contributed by atoms with E-state index < -0.39 is 13.3 Å². The minimum atomic E-state index is -2.79. The number of amides is 1. The fourth-order valence-corrected chi connectivity index (χ4v) is 6.87. The molecular formula is C24H26ClN2O5P. The zero-order valence-electron chi connectivity index (χ0n) is 18.5. The monoisotopic (exact) mass is 488 g/mol. The molecular weight excluding hydrogens is 463 g/mol. The second kappa shape index (κ2) is 9.72. The number of pyridine rings is 1.